The maximum atomic E-state index is 10.9. The van der Waals surface area contributed by atoms with Crippen molar-refractivity contribution < 1.29 is 4.92 Å². The Bertz CT molecular complexity index is 450. The van der Waals surface area contributed by atoms with Gasteiger partial charge in [-0.2, -0.15) is 0 Å². The van der Waals surface area contributed by atoms with Crippen LogP contribution in [-0.4, -0.2) is 29.5 Å². The number of hydrogen-bond acceptors (Lipinski definition) is 4. The van der Waals surface area contributed by atoms with Gasteiger partial charge in [0.05, 0.1) is 4.92 Å². The fraction of sp³-hybridized carbons (Fsp3) is 0.571. The van der Waals surface area contributed by atoms with Crippen LogP contribution in [0.25, 0.3) is 0 Å². The van der Waals surface area contributed by atoms with Gasteiger partial charge in [0.15, 0.2) is 0 Å². The standard InChI is InChI=1S/C14H21N3O2/c1-2-14(16-7-6-11(9-15)10-16)12-4-3-5-13(8-12)17(18)19/h3-5,8,11,14H,2,6-7,9-10,15H2,1H3. The second-order valence-corrected chi connectivity index (χ2v) is 5.16. The van der Waals surface area contributed by atoms with Gasteiger partial charge in [-0.05, 0) is 37.4 Å². The second-order valence-electron chi connectivity index (χ2n) is 5.16. The Hall–Kier alpha value is -1.46. The van der Waals surface area contributed by atoms with Crippen molar-refractivity contribution in [2.24, 2.45) is 11.7 Å². The fourth-order valence-corrected chi connectivity index (χ4v) is 2.89. The molecule has 0 radical (unpaired) electrons. The highest BCUT2D eigenvalue weighted by Gasteiger charge is 2.28. The Morgan fingerprint density at radius 2 is 2.37 bits per heavy atom. The van der Waals surface area contributed by atoms with Crippen molar-refractivity contribution in [2.75, 3.05) is 19.6 Å². The van der Waals surface area contributed by atoms with Crippen molar-refractivity contribution in [1.82, 2.24) is 4.90 Å². The van der Waals surface area contributed by atoms with Crippen LogP contribution in [0.2, 0.25) is 0 Å². The van der Waals surface area contributed by atoms with Gasteiger partial charge in [0, 0.05) is 24.7 Å². The SMILES string of the molecule is CCC(c1cccc([N+](=O)[O-])c1)N1CCC(CN)C1. The minimum atomic E-state index is -0.330. The van der Waals surface area contributed by atoms with Crippen molar-refractivity contribution in [1.29, 1.82) is 0 Å². The van der Waals surface area contributed by atoms with E-state index < -0.39 is 0 Å². The lowest BCUT2D eigenvalue weighted by molar-refractivity contribution is -0.385. The summed E-state index contributed by atoms with van der Waals surface area (Å²) in [6, 6.07) is 7.26. The van der Waals surface area contributed by atoms with Gasteiger partial charge in [0.25, 0.3) is 5.69 Å². The van der Waals surface area contributed by atoms with Crippen LogP contribution in [0.1, 0.15) is 31.4 Å². The summed E-state index contributed by atoms with van der Waals surface area (Å²) in [5.41, 5.74) is 6.93. The lowest BCUT2D eigenvalue weighted by Gasteiger charge is -2.27. The molecular formula is C14H21N3O2. The fourth-order valence-electron chi connectivity index (χ4n) is 2.89. The lowest BCUT2D eigenvalue weighted by atomic mass is 10.0. The number of nitrogens with two attached hydrogens (primary N) is 1. The molecule has 5 heteroatoms. The third-order valence-corrected chi connectivity index (χ3v) is 3.94. The Labute approximate surface area is 113 Å². The maximum Gasteiger partial charge on any atom is 0.269 e. The average molecular weight is 263 g/mol. The van der Waals surface area contributed by atoms with Gasteiger partial charge in [-0.25, -0.2) is 0 Å². The molecule has 2 atom stereocenters. The first kappa shape index (κ1) is 14.0. The first-order valence-corrected chi connectivity index (χ1v) is 6.84. The first-order valence-electron chi connectivity index (χ1n) is 6.84. The van der Waals surface area contributed by atoms with Gasteiger partial charge in [0.2, 0.25) is 0 Å². The van der Waals surface area contributed by atoms with Crippen LogP contribution in [0.4, 0.5) is 5.69 Å². The quantitative estimate of drug-likeness (QED) is 0.653. The molecular weight excluding hydrogens is 242 g/mol. The van der Waals surface area contributed by atoms with E-state index in [1.165, 1.54) is 0 Å². The molecule has 2 unspecified atom stereocenters. The smallest absolute Gasteiger partial charge is 0.269 e. The topological polar surface area (TPSA) is 72.4 Å². The molecule has 1 aromatic carbocycles. The summed E-state index contributed by atoms with van der Waals surface area (Å²) in [5, 5.41) is 10.9. The predicted molar refractivity (Wildman–Crippen MR) is 74.9 cm³/mol. The number of likely N-dealkylation sites (tertiary alicyclic amines) is 1. The van der Waals surface area contributed by atoms with Crippen LogP contribution < -0.4 is 5.73 Å². The normalized spacial score (nSPS) is 21.5. The van der Waals surface area contributed by atoms with Crippen LogP contribution >= 0.6 is 0 Å². The van der Waals surface area contributed by atoms with E-state index in [1.807, 2.05) is 6.07 Å². The van der Waals surface area contributed by atoms with E-state index in [9.17, 15) is 10.1 Å². The molecule has 104 valence electrons. The van der Waals surface area contributed by atoms with Gasteiger partial charge in [0.1, 0.15) is 0 Å². The first-order chi connectivity index (χ1) is 9.15. The van der Waals surface area contributed by atoms with Crippen LogP contribution in [0.3, 0.4) is 0 Å². The van der Waals surface area contributed by atoms with E-state index in [0.29, 0.717) is 5.92 Å². The number of non-ortho nitro benzene ring substituents is 1. The molecule has 0 aromatic heterocycles. The lowest BCUT2D eigenvalue weighted by Crippen LogP contribution is -2.27. The molecule has 19 heavy (non-hydrogen) atoms. The minimum absolute atomic E-state index is 0.172. The highest BCUT2D eigenvalue weighted by atomic mass is 16.6. The highest BCUT2D eigenvalue weighted by molar-refractivity contribution is 5.35. The summed E-state index contributed by atoms with van der Waals surface area (Å²) in [6.45, 7) is 4.88. The zero-order valence-electron chi connectivity index (χ0n) is 11.3. The molecule has 1 aliphatic rings. The summed E-state index contributed by atoms with van der Waals surface area (Å²) < 4.78 is 0. The molecule has 0 spiro atoms. The third kappa shape index (κ3) is 3.11. The Balaban J connectivity index is 2.17. The minimum Gasteiger partial charge on any atom is -0.330 e. The van der Waals surface area contributed by atoms with E-state index >= 15 is 0 Å². The van der Waals surface area contributed by atoms with Crippen LogP contribution in [0, 0.1) is 16.0 Å². The largest absolute Gasteiger partial charge is 0.330 e. The number of benzene rings is 1. The molecule has 2 N–H and O–H groups in total. The zero-order valence-corrected chi connectivity index (χ0v) is 11.3. The molecule has 1 heterocycles. The number of nitro benzene ring substituents is 1. The highest BCUT2D eigenvalue weighted by Crippen LogP contribution is 2.31. The molecule has 0 aliphatic carbocycles. The number of hydrogen-bond donors (Lipinski definition) is 1. The third-order valence-electron chi connectivity index (χ3n) is 3.94. The average Bonchev–Trinajstić information content (AvgIpc) is 2.89. The van der Waals surface area contributed by atoms with Crippen LogP contribution in [-0.2, 0) is 0 Å². The summed E-state index contributed by atoms with van der Waals surface area (Å²) in [7, 11) is 0. The van der Waals surface area contributed by atoms with Crippen molar-refractivity contribution in [3.8, 4) is 0 Å². The monoisotopic (exact) mass is 263 g/mol. The summed E-state index contributed by atoms with van der Waals surface area (Å²) >= 11 is 0. The Morgan fingerprint density at radius 1 is 1.58 bits per heavy atom. The van der Waals surface area contributed by atoms with Crippen molar-refractivity contribution in [3.05, 3.63) is 39.9 Å². The Morgan fingerprint density at radius 3 is 2.95 bits per heavy atom. The van der Waals surface area contributed by atoms with Gasteiger partial charge < -0.3 is 5.73 Å². The van der Waals surface area contributed by atoms with Gasteiger partial charge in [-0.3, -0.25) is 15.0 Å². The van der Waals surface area contributed by atoms with Crippen molar-refractivity contribution >= 4 is 5.69 Å². The van der Waals surface area contributed by atoms with Gasteiger partial charge >= 0.3 is 0 Å². The van der Waals surface area contributed by atoms with Gasteiger partial charge in [-0.15, -0.1) is 0 Å². The van der Waals surface area contributed by atoms with E-state index in [-0.39, 0.29) is 16.7 Å². The molecule has 1 saturated heterocycles. The summed E-state index contributed by atoms with van der Waals surface area (Å²) in [5.74, 6) is 0.563. The van der Waals surface area contributed by atoms with Crippen LogP contribution in [0.5, 0.6) is 0 Å². The maximum absolute atomic E-state index is 10.9. The van der Waals surface area contributed by atoms with Crippen LogP contribution in [0.15, 0.2) is 24.3 Å². The van der Waals surface area contributed by atoms with Crippen molar-refractivity contribution in [2.45, 2.75) is 25.8 Å². The number of nitro groups is 1. The van der Waals surface area contributed by atoms with Crippen molar-refractivity contribution in [3.63, 3.8) is 0 Å². The summed E-state index contributed by atoms with van der Waals surface area (Å²) in [6.07, 6.45) is 2.08. The van der Waals surface area contributed by atoms with E-state index in [2.05, 4.69) is 11.8 Å². The van der Waals surface area contributed by atoms with E-state index in [4.69, 9.17) is 5.73 Å². The molecule has 0 saturated carbocycles. The Kier molecular flexibility index (Phi) is 4.50. The van der Waals surface area contributed by atoms with E-state index in [1.54, 1.807) is 18.2 Å². The van der Waals surface area contributed by atoms with Gasteiger partial charge in [-0.1, -0.05) is 19.1 Å². The predicted octanol–water partition coefficient (Wildman–Crippen LogP) is 2.33. The van der Waals surface area contributed by atoms with E-state index in [0.717, 1.165) is 38.0 Å². The summed E-state index contributed by atoms with van der Waals surface area (Å²) in [4.78, 5) is 12.9. The molecule has 1 aliphatic heterocycles. The molecule has 1 fully saturated rings. The zero-order chi connectivity index (χ0) is 13.8. The molecule has 0 amide bonds. The molecule has 2 rings (SSSR count). The molecule has 5 nitrogen and oxygen atoms in total. The number of rotatable bonds is 5. The number of nitrogens with zero attached hydrogens (tertiary/aromatic N) is 2. The molecule has 1 aromatic rings. The molecule has 0 bridgehead atoms. The second kappa shape index (κ2) is 6.12.